The van der Waals surface area contributed by atoms with E-state index in [-0.39, 0.29) is 23.2 Å². The molecule has 0 saturated carbocycles. The minimum absolute atomic E-state index is 0.118. The Balaban J connectivity index is 1.61. The third-order valence-electron chi connectivity index (χ3n) is 6.20. The number of fused-ring (bicyclic) bond motifs is 1. The van der Waals surface area contributed by atoms with Crippen molar-refractivity contribution >= 4 is 21.4 Å². The van der Waals surface area contributed by atoms with Gasteiger partial charge in [-0.3, -0.25) is 15.0 Å². The molecule has 1 N–H and O–H groups in total. The summed E-state index contributed by atoms with van der Waals surface area (Å²) in [6.45, 7) is 1.67. The summed E-state index contributed by atoms with van der Waals surface area (Å²) in [5.74, 6) is 0. The molecule has 1 aliphatic heterocycles. The maximum absolute atomic E-state index is 13.0. The number of hydrogen-bond donors (Lipinski definition) is 1. The molecule has 178 valence electrons. The van der Waals surface area contributed by atoms with Crippen LogP contribution in [0.2, 0.25) is 0 Å². The van der Waals surface area contributed by atoms with Crippen LogP contribution in [-0.4, -0.2) is 45.4 Å². The van der Waals surface area contributed by atoms with Crippen LogP contribution in [-0.2, 0) is 23.0 Å². The molecule has 0 bridgehead atoms. The van der Waals surface area contributed by atoms with Crippen LogP contribution in [0.4, 0.5) is 11.4 Å². The highest BCUT2D eigenvalue weighted by molar-refractivity contribution is 7.89. The average Bonchev–Trinajstić information content (AvgIpc) is 2.84. The Morgan fingerprint density at radius 1 is 1.03 bits per heavy atom. The van der Waals surface area contributed by atoms with E-state index in [1.165, 1.54) is 29.3 Å². The second-order valence-corrected chi connectivity index (χ2v) is 10.4. The Bertz CT molecular complexity index is 1280. The average molecular weight is 481 g/mol. The van der Waals surface area contributed by atoms with Gasteiger partial charge >= 0.3 is 0 Å². The summed E-state index contributed by atoms with van der Waals surface area (Å²) in [7, 11) is 0.0174. The van der Waals surface area contributed by atoms with Crippen LogP contribution < -0.4 is 9.62 Å². The van der Waals surface area contributed by atoms with Crippen LogP contribution in [0.25, 0.3) is 0 Å². The first kappa shape index (κ1) is 23.9. The van der Waals surface area contributed by atoms with Crippen molar-refractivity contribution in [2.75, 3.05) is 32.1 Å². The molecular formula is C25H28N4O4S. The van der Waals surface area contributed by atoms with Crippen molar-refractivity contribution in [2.24, 2.45) is 0 Å². The molecule has 1 atom stereocenters. The van der Waals surface area contributed by atoms with E-state index in [1.54, 1.807) is 0 Å². The van der Waals surface area contributed by atoms with Gasteiger partial charge in [0.2, 0.25) is 10.0 Å². The van der Waals surface area contributed by atoms with Gasteiger partial charge in [0.15, 0.2) is 0 Å². The maximum Gasteiger partial charge on any atom is 0.270 e. The van der Waals surface area contributed by atoms with E-state index in [0.717, 1.165) is 36.8 Å². The second-order valence-electron chi connectivity index (χ2n) is 8.60. The molecule has 8 nitrogen and oxygen atoms in total. The van der Waals surface area contributed by atoms with Crippen molar-refractivity contribution in [3.63, 3.8) is 0 Å². The Kier molecular flexibility index (Phi) is 6.97. The molecule has 0 saturated heterocycles. The molecule has 0 radical (unpaired) electrons. The summed E-state index contributed by atoms with van der Waals surface area (Å²) < 4.78 is 28.7. The normalized spacial score (nSPS) is 14.9. The van der Waals surface area contributed by atoms with Crippen LogP contribution in [0.5, 0.6) is 0 Å². The number of nitro benzene ring substituents is 1. The Morgan fingerprint density at radius 3 is 2.41 bits per heavy atom. The fourth-order valence-electron chi connectivity index (χ4n) is 4.27. The number of benzene rings is 3. The first-order valence-electron chi connectivity index (χ1n) is 11.1. The van der Waals surface area contributed by atoms with Crippen LogP contribution in [0.3, 0.4) is 0 Å². The number of nitro groups is 1. The number of hydrogen-bond acceptors (Lipinski definition) is 6. The molecule has 1 heterocycles. The third kappa shape index (κ3) is 5.27. The zero-order valence-corrected chi connectivity index (χ0v) is 20.0. The van der Waals surface area contributed by atoms with E-state index in [1.807, 2.05) is 55.4 Å². The molecule has 1 unspecified atom stereocenters. The topological polar surface area (TPSA) is 95.8 Å². The van der Waals surface area contributed by atoms with Crippen molar-refractivity contribution in [2.45, 2.75) is 23.9 Å². The lowest BCUT2D eigenvalue weighted by Crippen LogP contribution is -2.40. The lowest BCUT2D eigenvalue weighted by atomic mass is 9.96. The Labute approximate surface area is 200 Å². The summed E-state index contributed by atoms with van der Waals surface area (Å²) in [6, 6.07) is 21.3. The summed E-state index contributed by atoms with van der Waals surface area (Å²) in [6.07, 6.45) is 0.889. The molecular weight excluding hydrogens is 452 g/mol. The standard InChI is InChI=1S/C25H28N4O4S/c1-27(2)22-12-10-20(11-13-22)25(28-15-14-19-6-3-4-7-21(19)18-28)17-26-34(32,33)24-9-5-8-23(16-24)29(30)31/h3-13,16,25-26H,14-15,17-18H2,1-2H3. The summed E-state index contributed by atoms with van der Waals surface area (Å²) in [5.41, 5.74) is 4.37. The SMILES string of the molecule is CN(C)c1ccc(C(CNS(=O)(=O)c2cccc([N+](=O)[O-])c2)N2CCc3ccccc3C2)cc1. The van der Waals surface area contributed by atoms with E-state index in [4.69, 9.17) is 0 Å². The fraction of sp³-hybridized carbons (Fsp3) is 0.280. The van der Waals surface area contributed by atoms with Gasteiger partial charge in [-0.15, -0.1) is 0 Å². The van der Waals surface area contributed by atoms with Gasteiger partial charge in [-0.1, -0.05) is 42.5 Å². The van der Waals surface area contributed by atoms with Gasteiger partial charge in [0.25, 0.3) is 5.69 Å². The largest absolute Gasteiger partial charge is 0.378 e. The molecule has 9 heteroatoms. The lowest BCUT2D eigenvalue weighted by molar-refractivity contribution is -0.385. The fourth-order valence-corrected chi connectivity index (χ4v) is 5.35. The Hall–Kier alpha value is -3.27. The van der Waals surface area contributed by atoms with Crippen LogP contribution in [0, 0.1) is 10.1 Å². The van der Waals surface area contributed by atoms with Gasteiger partial charge in [0.1, 0.15) is 0 Å². The van der Waals surface area contributed by atoms with Crippen LogP contribution in [0.1, 0.15) is 22.7 Å². The quantitative estimate of drug-likeness (QED) is 0.390. The highest BCUT2D eigenvalue weighted by atomic mass is 32.2. The smallest absolute Gasteiger partial charge is 0.270 e. The monoisotopic (exact) mass is 480 g/mol. The van der Waals surface area contributed by atoms with Gasteiger partial charge < -0.3 is 4.90 Å². The van der Waals surface area contributed by atoms with Crippen LogP contribution in [0.15, 0.2) is 77.7 Å². The molecule has 3 aromatic rings. The third-order valence-corrected chi connectivity index (χ3v) is 7.62. The minimum atomic E-state index is -3.93. The first-order chi connectivity index (χ1) is 16.2. The molecule has 0 aliphatic carbocycles. The van der Waals surface area contributed by atoms with Gasteiger partial charge in [-0.25, -0.2) is 13.1 Å². The highest BCUT2D eigenvalue weighted by Crippen LogP contribution is 2.29. The van der Waals surface area contributed by atoms with Gasteiger partial charge in [-0.2, -0.15) is 0 Å². The molecule has 4 rings (SSSR count). The number of rotatable bonds is 8. The molecule has 34 heavy (non-hydrogen) atoms. The molecule has 0 aromatic heterocycles. The maximum atomic E-state index is 13.0. The van der Waals surface area contributed by atoms with Crippen LogP contribution >= 0.6 is 0 Å². The number of non-ortho nitro benzene ring substituents is 1. The molecule has 0 fully saturated rings. The zero-order chi connectivity index (χ0) is 24.3. The van der Waals surface area contributed by atoms with Crippen molar-refractivity contribution in [1.82, 2.24) is 9.62 Å². The number of sulfonamides is 1. The van der Waals surface area contributed by atoms with Crippen molar-refractivity contribution in [1.29, 1.82) is 0 Å². The molecule has 3 aromatic carbocycles. The predicted octanol–water partition coefficient (Wildman–Crippen LogP) is 3.74. The minimum Gasteiger partial charge on any atom is -0.378 e. The number of nitrogens with zero attached hydrogens (tertiary/aromatic N) is 3. The molecule has 0 spiro atoms. The van der Waals surface area contributed by atoms with Crippen molar-refractivity contribution in [3.05, 3.63) is 99.6 Å². The zero-order valence-electron chi connectivity index (χ0n) is 19.2. The summed E-state index contributed by atoms with van der Waals surface area (Å²) >= 11 is 0. The van der Waals surface area contributed by atoms with Gasteiger partial charge in [0.05, 0.1) is 9.82 Å². The summed E-state index contributed by atoms with van der Waals surface area (Å²) in [5, 5.41) is 11.1. The van der Waals surface area contributed by atoms with E-state index >= 15 is 0 Å². The number of nitrogens with one attached hydrogen (secondary N) is 1. The van der Waals surface area contributed by atoms with E-state index in [9.17, 15) is 18.5 Å². The molecule has 1 aliphatic rings. The van der Waals surface area contributed by atoms with Gasteiger partial charge in [-0.05, 0) is 41.3 Å². The predicted molar refractivity (Wildman–Crippen MR) is 132 cm³/mol. The van der Waals surface area contributed by atoms with Gasteiger partial charge in [0, 0.05) is 57.6 Å². The van der Waals surface area contributed by atoms with E-state index in [0.29, 0.717) is 0 Å². The van der Waals surface area contributed by atoms with E-state index in [2.05, 4.69) is 21.8 Å². The van der Waals surface area contributed by atoms with Crippen molar-refractivity contribution < 1.29 is 13.3 Å². The highest BCUT2D eigenvalue weighted by Gasteiger charge is 2.27. The first-order valence-corrected chi connectivity index (χ1v) is 12.5. The second kappa shape index (κ2) is 9.92. The Morgan fingerprint density at radius 2 is 1.74 bits per heavy atom. The van der Waals surface area contributed by atoms with Crippen molar-refractivity contribution in [3.8, 4) is 0 Å². The lowest BCUT2D eigenvalue weighted by Gasteiger charge is -2.36. The van der Waals surface area contributed by atoms with E-state index < -0.39 is 14.9 Å². The molecule has 0 amide bonds. The number of anilines is 1. The summed E-state index contributed by atoms with van der Waals surface area (Å²) in [4.78, 5) is 14.7.